The Kier molecular flexibility index (Phi) is 14.6. The number of aliphatic hydroxyl groups is 1. The van der Waals surface area contributed by atoms with E-state index in [4.69, 9.17) is 18.9 Å². The number of rotatable bonds is 18. The van der Waals surface area contributed by atoms with Crippen LogP contribution in [0, 0.1) is 46.3 Å². The molecule has 0 radical (unpaired) electrons. The Morgan fingerprint density at radius 1 is 0.787 bits per heavy atom. The van der Waals surface area contributed by atoms with Gasteiger partial charge in [0, 0.05) is 13.0 Å². The van der Waals surface area contributed by atoms with E-state index >= 15 is 0 Å². The Balaban J connectivity index is 0.909. The maximum Gasteiger partial charge on any atom is 0.407 e. The number of methoxy groups -OCH3 is 2. The highest BCUT2D eigenvalue weighted by Gasteiger charge is 2.59. The summed E-state index contributed by atoms with van der Waals surface area (Å²) in [4.78, 5) is 13.1. The number of hydrogen-bond donors (Lipinski definition) is 2. The van der Waals surface area contributed by atoms with E-state index < -0.39 is 11.7 Å². The summed E-state index contributed by atoms with van der Waals surface area (Å²) in [5.74, 6) is 6.39. The Bertz CT molecular complexity index is 1840. The monoisotopic (exact) mass is 834 g/mol. The van der Waals surface area contributed by atoms with Crippen LogP contribution >= 0.6 is 0 Å². The summed E-state index contributed by atoms with van der Waals surface area (Å²) >= 11 is 0. The molecule has 7 nitrogen and oxygen atoms in total. The highest BCUT2D eigenvalue weighted by atomic mass is 16.6. The van der Waals surface area contributed by atoms with Crippen molar-refractivity contribution in [1.82, 2.24) is 5.32 Å². The fourth-order valence-corrected chi connectivity index (χ4v) is 12.9. The summed E-state index contributed by atoms with van der Waals surface area (Å²) in [7, 11) is 3.32. The van der Waals surface area contributed by atoms with Crippen molar-refractivity contribution >= 4 is 6.09 Å². The second-order valence-electron chi connectivity index (χ2n) is 20.1. The molecule has 4 aliphatic rings. The molecule has 3 aromatic carbocycles. The molecule has 61 heavy (non-hydrogen) atoms. The maximum absolute atomic E-state index is 13.1. The number of allylic oxidation sites excluding steroid dienone is 1. The first-order valence-corrected chi connectivity index (χ1v) is 23.7. The number of amides is 1. The van der Waals surface area contributed by atoms with Crippen LogP contribution in [0.15, 0.2) is 90.5 Å². The quantitative estimate of drug-likeness (QED) is 0.0981. The molecule has 7 heteroatoms. The van der Waals surface area contributed by atoms with Crippen molar-refractivity contribution < 1.29 is 28.8 Å². The summed E-state index contributed by atoms with van der Waals surface area (Å²) in [5.41, 5.74) is 4.14. The lowest BCUT2D eigenvalue weighted by molar-refractivity contribution is -0.0581. The number of fused-ring (bicyclic) bond motifs is 5. The van der Waals surface area contributed by atoms with Gasteiger partial charge in [-0.3, -0.25) is 0 Å². The van der Waals surface area contributed by atoms with Crippen LogP contribution in [0.2, 0.25) is 0 Å². The number of carbonyl (C=O) groups is 1. The molecule has 6 unspecified atom stereocenters. The molecule has 7 rings (SSSR count). The van der Waals surface area contributed by atoms with Crippen molar-refractivity contribution in [1.29, 1.82) is 0 Å². The third-order valence-electron chi connectivity index (χ3n) is 16.2. The van der Waals surface area contributed by atoms with E-state index in [-0.39, 0.29) is 24.2 Å². The molecule has 332 valence electrons. The van der Waals surface area contributed by atoms with Gasteiger partial charge in [-0.05, 0) is 145 Å². The molecule has 0 aliphatic heterocycles. The van der Waals surface area contributed by atoms with Gasteiger partial charge in [0.15, 0.2) is 0 Å². The molecule has 0 heterocycles. The summed E-state index contributed by atoms with van der Waals surface area (Å²) in [6.45, 7) is 13.1. The molecular weight excluding hydrogens is 759 g/mol. The van der Waals surface area contributed by atoms with Crippen LogP contribution in [0.5, 0.6) is 11.5 Å². The standard InChI is InChI=1S/C54H75NO6/c1-37(2)12-11-13-38(3)48-26-27-49-47-25-20-42-36-46(28-32-52(42,4)50(47)29-33-53(48,49)5)61-51(57)55-34-30-43(56)31-35-60-54(39-14-9-8-10-15-39,40-16-21-44(58-6)22-17-40)41-18-23-45(59-7)24-19-41/h8-10,14-24,37-38,43,46-50,56H,11-13,25-36H2,1-7H3,(H,55,57)/t38?,43?,46-,47?,48?,49?,50?,52-,53+/m1/s1. The van der Waals surface area contributed by atoms with E-state index in [2.05, 4.69) is 58.1 Å². The number of benzene rings is 3. The van der Waals surface area contributed by atoms with Gasteiger partial charge in [0.1, 0.15) is 23.2 Å². The first-order valence-electron chi connectivity index (χ1n) is 23.7. The Morgan fingerprint density at radius 2 is 1.44 bits per heavy atom. The van der Waals surface area contributed by atoms with Crippen molar-refractivity contribution in [3.05, 3.63) is 107 Å². The highest BCUT2D eigenvalue weighted by Crippen LogP contribution is 2.67. The first-order chi connectivity index (χ1) is 29.4. The van der Waals surface area contributed by atoms with Gasteiger partial charge in [0.05, 0.1) is 26.9 Å². The van der Waals surface area contributed by atoms with Gasteiger partial charge < -0.3 is 29.4 Å². The van der Waals surface area contributed by atoms with Crippen molar-refractivity contribution in [2.24, 2.45) is 46.3 Å². The summed E-state index contributed by atoms with van der Waals surface area (Å²) < 4.78 is 23.9. The van der Waals surface area contributed by atoms with Crippen LogP contribution in [-0.4, -0.2) is 50.8 Å². The SMILES string of the molecule is COc1ccc(C(OCCC(O)CCNC(=O)O[C@@H]2CC[C@]3(C)C(=CCC4C5CCC(C(C)CCCC(C)C)[C@]5(C)CCC43)C2)(c2ccccc2)c2ccc(OC)cc2)cc1. The molecule has 3 saturated carbocycles. The fourth-order valence-electron chi connectivity index (χ4n) is 12.9. The predicted molar refractivity (Wildman–Crippen MR) is 245 cm³/mol. The molecule has 0 spiro atoms. The van der Waals surface area contributed by atoms with E-state index in [1.807, 2.05) is 66.7 Å². The smallest absolute Gasteiger partial charge is 0.407 e. The zero-order chi connectivity index (χ0) is 43.2. The van der Waals surface area contributed by atoms with Crippen LogP contribution in [0.25, 0.3) is 0 Å². The lowest BCUT2D eigenvalue weighted by atomic mass is 9.47. The normalized spacial score (nSPS) is 28.1. The van der Waals surface area contributed by atoms with Gasteiger partial charge in [-0.2, -0.15) is 0 Å². The van der Waals surface area contributed by atoms with Crippen LogP contribution < -0.4 is 14.8 Å². The molecule has 0 aromatic heterocycles. The third-order valence-corrected chi connectivity index (χ3v) is 16.2. The van der Waals surface area contributed by atoms with Gasteiger partial charge in [-0.25, -0.2) is 4.79 Å². The first kappa shape index (κ1) is 45.2. The van der Waals surface area contributed by atoms with E-state index in [0.29, 0.717) is 24.8 Å². The fraction of sp³-hybridized carbons (Fsp3) is 0.611. The molecule has 0 saturated heterocycles. The molecule has 1 amide bonds. The van der Waals surface area contributed by atoms with Gasteiger partial charge >= 0.3 is 6.09 Å². The number of hydrogen-bond acceptors (Lipinski definition) is 6. The second kappa shape index (κ2) is 19.7. The summed E-state index contributed by atoms with van der Waals surface area (Å²) in [6.07, 6.45) is 15.9. The minimum Gasteiger partial charge on any atom is -0.497 e. The van der Waals surface area contributed by atoms with Gasteiger partial charge in [-0.15, -0.1) is 0 Å². The van der Waals surface area contributed by atoms with Gasteiger partial charge in [0.2, 0.25) is 0 Å². The summed E-state index contributed by atoms with van der Waals surface area (Å²) in [5, 5.41) is 14.1. The number of aliphatic hydroxyl groups excluding tert-OH is 1. The van der Waals surface area contributed by atoms with Crippen LogP contribution in [0.1, 0.15) is 135 Å². The molecule has 3 fully saturated rings. The molecular formula is C54H75NO6. The zero-order valence-electron chi connectivity index (χ0n) is 38.3. The third kappa shape index (κ3) is 9.59. The number of ether oxygens (including phenoxy) is 4. The van der Waals surface area contributed by atoms with Crippen molar-refractivity contribution in [2.45, 2.75) is 136 Å². The average molecular weight is 834 g/mol. The second-order valence-corrected chi connectivity index (χ2v) is 20.1. The van der Waals surface area contributed by atoms with E-state index in [1.165, 1.54) is 56.9 Å². The Morgan fingerprint density at radius 3 is 2.08 bits per heavy atom. The average Bonchev–Trinajstić information content (AvgIpc) is 3.63. The van der Waals surface area contributed by atoms with E-state index in [0.717, 1.165) is 83.0 Å². The minimum atomic E-state index is -0.950. The number of carbonyl (C=O) groups excluding carboxylic acids is 1. The maximum atomic E-state index is 13.1. The van der Waals surface area contributed by atoms with Crippen molar-refractivity contribution in [2.75, 3.05) is 27.4 Å². The molecule has 3 aromatic rings. The van der Waals surface area contributed by atoms with Gasteiger partial charge in [-0.1, -0.05) is 120 Å². The lowest BCUT2D eigenvalue weighted by Crippen LogP contribution is -2.51. The van der Waals surface area contributed by atoms with Crippen LogP contribution in [0.4, 0.5) is 4.79 Å². The summed E-state index contributed by atoms with van der Waals surface area (Å²) in [6, 6.07) is 26.1. The Hall–Kier alpha value is -3.81. The van der Waals surface area contributed by atoms with Crippen LogP contribution in [-0.2, 0) is 15.1 Å². The highest BCUT2D eigenvalue weighted by molar-refractivity contribution is 5.67. The van der Waals surface area contributed by atoms with Crippen molar-refractivity contribution in [3.8, 4) is 11.5 Å². The predicted octanol–water partition coefficient (Wildman–Crippen LogP) is 12.3. The van der Waals surface area contributed by atoms with Gasteiger partial charge in [0.25, 0.3) is 0 Å². The van der Waals surface area contributed by atoms with Crippen molar-refractivity contribution in [3.63, 3.8) is 0 Å². The number of alkyl carbamates (subject to hydrolysis) is 1. The molecule has 0 bridgehead atoms. The van der Waals surface area contributed by atoms with E-state index in [9.17, 15) is 9.90 Å². The Labute approximate surface area is 367 Å². The molecule has 4 aliphatic carbocycles. The topological polar surface area (TPSA) is 86.2 Å². The zero-order valence-corrected chi connectivity index (χ0v) is 38.3. The lowest BCUT2D eigenvalue weighted by Gasteiger charge is -2.58. The minimum absolute atomic E-state index is 0.104. The molecule has 9 atom stereocenters. The molecule has 2 N–H and O–H groups in total. The number of nitrogens with one attached hydrogen (secondary N) is 1. The largest absolute Gasteiger partial charge is 0.497 e. The van der Waals surface area contributed by atoms with E-state index in [1.54, 1.807) is 14.2 Å². The van der Waals surface area contributed by atoms with Crippen LogP contribution in [0.3, 0.4) is 0 Å².